The van der Waals surface area contributed by atoms with Gasteiger partial charge in [-0.25, -0.2) is 4.79 Å². The number of nitrogens with one attached hydrogen (secondary N) is 2. The first kappa shape index (κ1) is 54.3. The molecule has 9 heteroatoms. The maximum Gasteiger partial charge on any atom is 0.328 e. The molecule has 2 unspecified atom stereocenters. The van der Waals surface area contributed by atoms with E-state index in [0.717, 1.165) is 64.2 Å². The van der Waals surface area contributed by atoms with Crippen LogP contribution in [0.3, 0.4) is 0 Å². The van der Waals surface area contributed by atoms with Crippen LogP contribution in [-0.4, -0.2) is 59.3 Å². The van der Waals surface area contributed by atoms with E-state index in [0.29, 0.717) is 19.3 Å². The molecule has 4 N–H and O–H groups in total. The normalized spacial score (nSPS) is 12.6. The van der Waals surface area contributed by atoms with Gasteiger partial charge in [0.1, 0.15) is 12.1 Å². The van der Waals surface area contributed by atoms with Crippen LogP contribution in [0.4, 0.5) is 0 Å². The van der Waals surface area contributed by atoms with Gasteiger partial charge in [0.2, 0.25) is 11.8 Å². The zero-order valence-electron chi connectivity index (χ0n) is 36.9. The van der Waals surface area contributed by atoms with Gasteiger partial charge in [0.25, 0.3) is 0 Å². The quantitative estimate of drug-likeness (QED) is 0.0273. The number of hydrogen-bond acceptors (Lipinski definition) is 6. The third-order valence-corrected chi connectivity index (χ3v) is 10.7. The van der Waals surface area contributed by atoms with Crippen LogP contribution >= 0.6 is 0 Å². The lowest BCUT2D eigenvalue weighted by molar-refractivity contribution is -0.147. The molecule has 0 rings (SSSR count). The van der Waals surface area contributed by atoms with Crippen molar-refractivity contribution in [1.29, 1.82) is 0 Å². The third kappa shape index (κ3) is 39.9. The molecule has 0 aliphatic rings. The second-order valence-corrected chi connectivity index (χ2v) is 16.2. The van der Waals surface area contributed by atoms with E-state index in [1.807, 2.05) is 0 Å². The molecule has 0 aromatic carbocycles. The van der Waals surface area contributed by atoms with E-state index in [1.54, 1.807) is 0 Å². The number of amides is 2. The maximum atomic E-state index is 12.8. The number of allylic oxidation sites excluding steroid dienone is 3. The summed E-state index contributed by atoms with van der Waals surface area (Å²) >= 11 is 0. The molecule has 9 nitrogen and oxygen atoms in total. The fourth-order valence-electron chi connectivity index (χ4n) is 7.02. The van der Waals surface area contributed by atoms with Gasteiger partial charge < -0.3 is 25.6 Å². The molecule has 0 radical (unpaired) electrons. The molecule has 0 bridgehead atoms. The second kappa shape index (κ2) is 42.9. The average Bonchev–Trinajstić information content (AvgIpc) is 3.20. The maximum absolute atomic E-state index is 12.8. The minimum absolute atomic E-state index is 0.0889. The van der Waals surface area contributed by atoms with E-state index in [2.05, 4.69) is 48.8 Å². The van der Waals surface area contributed by atoms with Crippen molar-refractivity contribution in [2.75, 3.05) is 13.2 Å². The number of rotatable bonds is 43. The van der Waals surface area contributed by atoms with Gasteiger partial charge in [-0.05, 0) is 51.0 Å². The Morgan fingerprint density at radius 1 is 0.544 bits per heavy atom. The number of aliphatic hydroxyl groups excluding tert-OH is 1. The van der Waals surface area contributed by atoms with Crippen molar-refractivity contribution in [3.8, 4) is 0 Å². The van der Waals surface area contributed by atoms with E-state index < -0.39 is 24.5 Å². The summed E-state index contributed by atoms with van der Waals surface area (Å²) in [4.78, 5) is 47.5. The van der Waals surface area contributed by atoms with Gasteiger partial charge >= 0.3 is 11.9 Å². The van der Waals surface area contributed by atoms with Crippen LogP contribution in [-0.2, 0) is 23.9 Å². The van der Waals surface area contributed by atoms with Crippen molar-refractivity contribution < 1.29 is 34.1 Å². The molecule has 0 heterocycles. The van der Waals surface area contributed by atoms with E-state index in [9.17, 15) is 19.2 Å². The number of hydrogen-bond donors (Lipinski definition) is 4. The van der Waals surface area contributed by atoms with Crippen LogP contribution in [0.25, 0.3) is 0 Å². The Morgan fingerprint density at radius 2 is 1.00 bits per heavy atom. The number of aliphatic hydroxyl groups is 1. The molecular formula is C48H88N2O7. The van der Waals surface area contributed by atoms with Crippen LogP contribution in [0.15, 0.2) is 24.3 Å². The Kier molecular flexibility index (Phi) is 40.9. The molecule has 0 fully saturated rings. The Morgan fingerprint density at radius 3 is 1.49 bits per heavy atom. The molecule has 0 aromatic heterocycles. The van der Waals surface area contributed by atoms with Crippen molar-refractivity contribution in [1.82, 2.24) is 10.6 Å². The lowest BCUT2D eigenvalue weighted by Gasteiger charge is -2.15. The van der Waals surface area contributed by atoms with Crippen LogP contribution in [0, 0.1) is 0 Å². The van der Waals surface area contributed by atoms with Crippen molar-refractivity contribution in [2.45, 2.75) is 244 Å². The van der Waals surface area contributed by atoms with Crippen molar-refractivity contribution in [3.63, 3.8) is 0 Å². The minimum Gasteiger partial charge on any atom is -0.480 e. The van der Waals surface area contributed by atoms with Gasteiger partial charge in [-0.3, -0.25) is 14.4 Å². The van der Waals surface area contributed by atoms with Gasteiger partial charge in [0.05, 0.1) is 13.2 Å². The lowest BCUT2D eigenvalue weighted by Crippen LogP contribution is -2.47. The molecule has 332 valence electrons. The highest BCUT2D eigenvalue weighted by Crippen LogP contribution is 2.17. The van der Waals surface area contributed by atoms with Crippen LogP contribution in [0.5, 0.6) is 0 Å². The smallest absolute Gasteiger partial charge is 0.328 e. The van der Waals surface area contributed by atoms with Crippen molar-refractivity contribution in [2.24, 2.45) is 0 Å². The fourth-order valence-corrected chi connectivity index (χ4v) is 7.02. The van der Waals surface area contributed by atoms with E-state index >= 15 is 0 Å². The van der Waals surface area contributed by atoms with Crippen LogP contribution < -0.4 is 10.6 Å². The molecule has 0 aromatic rings. The number of aliphatic carboxylic acids is 1. The Labute approximate surface area is 349 Å². The molecule has 2 amide bonds. The largest absolute Gasteiger partial charge is 0.480 e. The Bertz CT molecular complexity index is 1010. The zero-order chi connectivity index (χ0) is 41.9. The summed E-state index contributed by atoms with van der Waals surface area (Å²) in [5, 5.41) is 22.5. The minimum atomic E-state index is -1.38. The molecular weight excluding hydrogens is 717 g/mol. The number of carbonyl (C=O) groups is 4. The SMILES string of the molecule is CCCCCC/C=C\C/C=C\C(CCCCCCCCC(=O)NCC(=O)NC(CO)C(=O)O)OC(=O)CCCCCCCCCCCCCCCCCCCCC. The molecule has 0 aliphatic carbocycles. The summed E-state index contributed by atoms with van der Waals surface area (Å²) in [6.07, 6.45) is 48.1. The number of carbonyl (C=O) groups excluding carboxylic acids is 3. The fraction of sp³-hybridized carbons (Fsp3) is 0.833. The first-order valence-electron chi connectivity index (χ1n) is 23.7. The van der Waals surface area contributed by atoms with E-state index in [1.165, 1.54) is 135 Å². The standard InChI is InChI=1S/C48H88N2O7/c1-3-5-7-9-11-13-14-15-16-17-18-19-20-21-22-24-26-32-36-40-47(54)57-43(37-33-29-25-23-12-10-8-6-4-2)38-34-30-27-28-31-35-39-45(52)49-41-46(53)50-44(42-51)48(55)56/h23,25,33,37,43-44,51H,3-22,24,26-32,34-36,38-42H2,1-2H3,(H,49,52)(H,50,53)(H,55,56)/b25-23-,37-33-. The van der Waals surface area contributed by atoms with E-state index in [-0.39, 0.29) is 24.5 Å². The average molecular weight is 805 g/mol. The number of ether oxygens (including phenoxy) is 1. The highest BCUT2D eigenvalue weighted by molar-refractivity contribution is 5.87. The van der Waals surface area contributed by atoms with Gasteiger partial charge in [-0.15, -0.1) is 0 Å². The Balaban J connectivity index is 4.18. The summed E-state index contributed by atoms with van der Waals surface area (Å²) in [7, 11) is 0. The topological polar surface area (TPSA) is 142 Å². The molecule has 2 atom stereocenters. The van der Waals surface area contributed by atoms with Crippen molar-refractivity contribution in [3.05, 3.63) is 24.3 Å². The van der Waals surface area contributed by atoms with Gasteiger partial charge in [0.15, 0.2) is 0 Å². The van der Waals surface area contributed by atoms with Gasteiger partial charge in [-0.2, -0.15) is 0 Å². The molecule has 0 spiro atoms. The number of esters is 1. The summed E-state index contributed by atoms with van der Waals surface area (Å²) in [5.74, 6) is -2.33. The monoisotopic (exact) mass is 805 g/mol. The highest BCUT2D eigenvalue weighted by atomic mass is 16.5. The summed E-state index contributed by atoms with van der Waals surface area (Å²) in [5.41, 5.74) is 0. The number of carboxylic acid groups (broad SMARTS) is 1. The van der Waals surface area contributed by atoms with Crippen LogP contribution in [0.1, 0.15) is 232 Å². The lowest BCUT2D eigenvalue weighted by atomic mass is 10.0. The molecule has 0 aliphatic heterocycles. The number of unbranched alkanes of at least 4 members (excludes halogenated alkanes) is 27. The summed E-state index contributed by atoms with van der Waals surface area (Å²) in [6, 6.07) is -1.38. The van der Waals surface area contributed by atoms with Gasteiger partial charge in [-0.1, -0.05) is 193 Å². The highest BCUT2D eigenvalue weighted by Gasteiger charge is 2.18. The number of carboxylic acids is 1. The summed E-state index contributed by atoms with van der Waals surface area (Å²) < 4.78 is 5.95. The third-order valence-electron chi connectivity index (χ3n) is 10.7. The van der Waals surface area contributed by atoms with Crippen LogP contribution in [0.2, 0.25) is 0 Å². The predicted molar refractivity (Wildman–Crippen MR) is 236 cm³/mol. The Hall–Kier alpha value is -2.68. The van der Waals surface area contributed by atoms with Gasteiger partial charge in [0, 0.05) is 12.8 Å². The zero-order valence-corrected chi connectivity index (χ0v) is 36.9. The van der Waals surface area contributed by atoms with E-state index in [4.69, 9.17) is 14.9 Å². The second-order valence-electron chi connectivity index (χ2n) is 16.2. The molecule has 0 saturated heterocycles. The first-order chi connectivity index (χ1) is 27.8. The summed E-state index contributed by atoms with van der Waals surface area (Å²) in [6.45, 7) is 3.48. The first-order valence-corrected chi connectivity index (χ1v) is 23.7. The molecule has 57 heavy (non-hydrogen) atoms. The van der Waals surface area contributed by atoms with Crippen molar-refractivity contribution >= 4 is 23.8 Å². The molecule has 0 saturated carbocycles. The predicted octanol–water partition coefficient (Wildman–Crippen LogP) is 12.0.